The lowest BCUT2D eigenvalue weighted by molar-refractivity contribution is 1.17. The molecule has 0 radical (unpaired) electrons. The number of hydrogen-bond acceptors (Lipinski definition) is 7. The summed E-state index contributed by atoms with van der Waals surface area (Å²) in [6.45, 7) is 0. The highest BCUT2D eigenvalue weighted by Gasteiger charge is 2.17. The Kier molecular flexibility index (Phi) is 3.15. The zero-order valence-electron chi connectivity index (χ0n) is 10.5. The van der Waals surface area contributed by atoms with Gasteiger partial charge in [0.2, 0.25) is 5.95 Å². The molecule has 3 rings (SSSR count). The molecule has 0 spiro atoms. The van der Waals surface area contributed by atoms with E-state index in [2.05, 4.69) is 19.9 Å². The molecule has 6 N–H and O–H groups in total. The summed E-state index contributed by atoms with van der Waals surface area (Å²) < 4.78 is 0. The molecule has 0 aliphatic heterocycles. The van der Waals surface area contributed by atoms with Crippen LogP contribution in [0.1, 0.15) is 0 Å². The van der Waals surface area contributed by atoms with Crippen LogP contribution >= 0.6 is 23.2 Å². The number of nitrogen functional groups attached to an aromatic ring is 3. The normalized spacial score (nSPS) is 11.0. The van der Waals surface area contributed by atoms with Gasteiger partial charge in [-0.1, -0.05) is 29.3 Å². The van der Waals surface area contributed by atoms with Crippen molar-refractivity contribution < 1.29 is 0 Å². The summed E-state index contributed by atoms with van der Waals surface area (Å²) >= 11 is 12.3. The van der Waals surface area contributed by atoms with E-state index in [1.807, 2.05) is 0 Å². The molecule has 21 heavy (non-hydrogen) atoms. The maximum Gasteiger partial charge on any atom is 0.224 e. The summed E-state index contributed by atoms with van der Waals surface area (Å²) in [5.74, 6) is 0.224. The van der Waals surface area contributed by atoms with Gasteiger partial charge in [-0.3, -0.25) is 0 Å². The average molecular weight is 322 g/mol. The van der Waals surface area contributed by atoms with Crippen molar-refractivity contribution in [2.24, 2.45) is 0 Å². The van der Waals surface area contributed by atoms with Crippen molar-refractivity contribution >= 4 is 51.9 Å². The van der Waals surface area contributed by atoms with Crippen LogP contribution in [0.2, 0.25) is 10.0 Å². The third-order valence-electron chi connectivity index (χ3n) is 2.80. The number of hydrogen-bond donors (Lipinski definition) is 3. The zero-order valence-corrected chi connectivity index (χ0v) is 12.0. The van der Waals surface area contributed by atoms with Crippen LogP contribution in [0.15, 0.2) is 18.2 Å². The van der Waals surface area contributed by atoms with Crippen LogP contribution in [-0.4, -0.2) is 19.9 Å². The lowest BCUT2D eigenvalue weighted by Gasteiger charge is -2.10. The summed E-state index contributed by atoms with van der Waals surface area (Å²) in [7, 11) is 0. The van der Waals surface area contributed by atoms with Crippen LogP contribution in [0.25, 0.3) is 22.4 Å². The number of benzene rings is 1. The van der Waals surface area contributed by atoms with Gasteiger partial charge >= 0.3 is 0 Å². The molecule has 7 nitrogen and oxygen atoms in total. The number of rotatable bonds is 1. The first kappa shape index (κ1) is 13.6. The molecule has 0 fully saturated rings. The molecule has 0 aliphatic rings. The lowest BCUT2D eigenvalue weighted by Crippen LogP contribution is -2.06. The van der Waals surface area contributed by atoms with Gasteiger partial charge in [-0.15, -0.1) is 0 Å². The quantitative estimate of drug-likeness (QED) is 0.625. The Balaban J connectivity index is 2.36. The highest BCUT2D eigenvalue weighted by atomic mass is 35.5. The molecular formula is C12H9Cl2N7. The van der Waals surface area contributed by atoms with Gasteiger partial charge in [0.15, 0.2) is 22.8 Å². The highest BCUT2D eigenvalue weighted by molar-refractivity contribution is 6.39. The van der Waals surface area contributed by atoms with Crippen molar-refractivity contribution in [3.05, 3.63) is 28.2 Å². The van der Waals surface area contributed by atoms with E-state index in [4.69, 9.17) is 40.4 Å². The van der Waals surface area contributed by atoms with E-state index in [0.29, 0.717) is 21.3 Å². The third-order valence-corrected chi connectivity index (χ3v) is 3.43. The van der Waals surface area contributed by atoms with E-state index in [9.17, 15) is 0 Å². The molecule has 0 saturated heterocycles. The Morgan fingerprint density at radius 2 is 1.48 bits per heavy atom. The van der Waals surface area contributed by atoms with Crippen molar-refractivity contribution in [2.45, 2.75) is 0 Å². The molecule has 106 valence electrons. The van der Waals surface area contributed by atoms with Gasteiger partial charge in [0.25, 0.3) is 0 Å². The first-order chi connectivity index (χ1) is 9.97. The summed E-state index contributed by atoms with van der Waals surface area (Å²) in [5.41, 5.74) is 18.5. The zero-order chi connectivity index (χ0) is 15.1. The number of fused-ring (bicyclic) bond motifs is 1. The van der Waals surface area contributed by atoms with Crippen LogP contribution in [0.3, 0.4) is 0 Å². The molecule has 0 atom stereocenters. The van der Waals surface area contributed by atoms with Crippen molar-refractivity contribution in [3.8, 4) is 11.3 Å². The summed E-state index contributed by atoms with van der Waals surface area (Å²) in [6, 6.07) is 5.07. The minimum Gasteiger partial charge on any atom is -0.382 e. The van der Waals surface area contributed by atoms with E-state index in [1.165, 1.54) is 0 Å². The Hall–Kier alpha value is -2.38. The average Bonchev–Trinajstić information content (AvgIpc) is 2.39. The van der Waals surface area contributed by atoms with Gasteiger partial charge in [-0.25, -0.2) is 9.97 Å². The number of halogens is 2. The molecule has 0 unspecified atom stereocenters. The standard InChI is InChI=1S/C12H9Cl2N7/c13-4-2-1-3-5(14)6(4)7-9(15)19-11-8(18-7)10(16)20-12(17)21-11/h1-3H,(H6,15,16,17,19,20,21). The second-order valence-electron chi connectivity index (χ2n) is 4.19. The van der Waals surface area contributed by atoms with E-state index < -0.39 is 0 Å². The van der Waals surface area contributed by atoms with E-state index in [0.717, 1.165) is 0 Å². The molecular weight excluding hydrogens is 313 g/mol. The van der Waals surface area contributed by atoms with Crippen molar-refractivity contribution in [1.82, 2.24) is 19.9 Å². The van der Waals surface area contributed by atoms with Crippen molar-refractivity contribution in [3.63, 3.8) is 0 Å². The second-order valence-corrected chi connectivity index (χ2v) is 5.01. The van der Waals surface area contributed by atoms with E-state index >= 15 is 0 Å². The minimum absolute atomic E-state index is 0.00257. The minimum atomic E-state index is -0.00257. The van der Waals surface area contributed by atoms with Crippen LogP contribution in [0.4, 0.5) is 17.6 Å². The summed E-state index contributed by atoms with van der Waals surface area (Å²) in [6.07, 6.45) is 0. The maximum absolute atomic E-state index is 6.16. The molecule has 2 aromatic heterocycles. The Labute approximate surface area is 129 Å². The van der Waals surface area contributed by atoms with Gasteiger partial charge in [0.05, 0.1) is 10.0 Å². The van der Waals surface area contributed by atoms with Gasteiger partial charge in [0.1, 0.15) is 5.69 Å². The van der Waals surface area contributed by atoms with Crippen LogP contribution < -0.4 is 17.2 Å². The Morgan fingerprint density at radius 3 is 2.14 bits per heavy atom. The van der Waals surface area contributed by atoms with Crippen LogP contribution in [-0.2, 0) is 0 Å². The third kappa shape index (κ3) is 2.26. The predicted molar refractivity (Wildman–Crippen MR) is 83.8 cm³/mol. The smallest absolute Gasteiger partial charge is 0.224 e. The molecule has 2 heterocycles. The SMILES string of the molecule is Nc1nc(N)c2nc(-c3c(Cl)cccc3Cl)c(N)nc2n1. The maximum atomic E-state index is 6.16. The number of nitrogens with zero attached hydrogens (tertiary/aromatic N) is 4. The molecule has 9 heteroatoms. The molecule has 0 amide bonds. The largest absolute Gasteiger partial charge is 0.382 e. The molecule has 0 aliphatic carbocycles. The Bertz CT molecular complexity index is 846. The summed E-state index contributed by atoms with van der Waals surface area (Å²) in [4.78, 5) is 16.3. The predicted octanol–water partition coefficient (Wildman–Crippen LogP) is 2.14. The molecule has 0 bridgehead atoms. The highest BCUT2D eigenvalue weighted by Crippen LogP contribution is 2.36. The van der Waals surface area contributed by atoms with Crippen molar-refractivity contribution in [1.29, 1.82) is 0 Å². The van der Waals surface area contributed by atoms with Crippen LogP contribution in [0, 0.1) is 0 Å². The molecule has 1 aromatic carbocycles. The molecule has 3 aromatic rings. The topological polar surface area (TPSA) is 130 Å². The fourth-order valence-electron chi connectivity index (χ4n) is 1.91. The fourth-order valence-corrected chi connectivity index (χ4v) is 2.48. The van der Waals surface area contributed by atoms with E-state index in [1.54, 1.807) is 18.2 Å². The number of anilines is 3. The number of nitrogens with two attached hydrogens (primary N) is 3. The fraction of sp³-hybridized carbons (Fsp3) is 0. The second kappa shape index (κ2) is 4.87. The Morgan fingerprint density at radius 1 is 0.810 bits per heavy atom. The van der Waals surface area contributed by atoms with Crippen LogP contribution in [0.5, 0.6) is 0 Å². The van der Waals surface area contributed by atoms with Gasteiger partial charge in [0, 0.05) is 5.56 Å². The van der Waals surface area contributed by atoms with Gasteiger partial charge in [-0.2, -0.15) is 9.97 Å². The first-order valence-electron chi connectivity index (χ1n) is 5.78. The monoisotopic (exact) mass is 321 g/mol. The lowest BCUT2D eigenvalue weighted by atomic mass is 10.1. The van der Waals surface area contributed by atoms with E-state index in [-0.39, 0.29) is 28.7 Å². The first-order valence-corrected chi connectivity index (χ1v) is 6.53. The summed E-state index contributed by atoms with van der Waals surface area (Å²) in [5, 5.41) is 0.801. The van der Waals surface area contributed by atoms with Gasteiger partial charge in [-0.05, 0) is 12.1 Å². The van der Waals surface area contributed by atoms with Gasteiger partial charge < -0.3 is 17.2 Å². The van der Waals surface area contributed by atoms with Crippen molar-refractivity contribution in [2.75, 3.05) is 17.2 Å². The molecule has 0 saturated carbocycles. The number of aromatic nitrogens is 4.